The normalized spacial score (nSPS) is 12.4. The van der Waals surface area contributed by atoms with Crippen LogP contribution in [0.3, 0.4) is 0 Å². The van der Waals surface area contributed by atoms with Gasteiger partial charge in [-0.1, -0.05) is 18.2 Å². The molecule has 0 aliphatic carbocycles. The van der Waals surface area contributed by atoms with E-state index in [9.17, 15) is 17.6 Å². The molecular weight excluding hydrogens is 460 g/mol. The number of ether oxygens (including phenoxy) is 2. The Hall–Kier alpha value is -2.92. The molecular formula is C19H15ClF4N4O2S. The summed E-state index contributed by atoms with van der Waals surface area (Å²) in [6.45, 7) is 1.01. The summed E-state index contributed by atoms with van der Waals surface area (Å²) in [7, 11) is 0. The highest BCUT2D eigenvalue weighted by Crippen LogP contribution is 2.34. The van der Waals surface area contributed by atoms with Crippen molar-refractivity contribution in [2.24, 2.45) is 0 Å². The van der Waals surface area contributed by atoms with Crippen LogP contribution in [0.5, 0.6) is 11.5 Å². The summed E-state index contributed by atoms with van der Waals surface area (Å²) >= 11 is 5.36. The molecule has 2 heterocycles. The van der Waals surface area contributed by atoms with Gasteiger partial charge in [0.2, 0.25) is 5.28 Å². The molecule has 6 nitrogen and oxygen atoms in total. The van der Waals surface area contributed by atoms with Crippen molar-refractivity contribution in [1.29, 1.82) is 0 Å². The highest BCUT2D eigenvalue weighted by Gasteiger charge is 2.28. The third-order valence-corrected chi connectivity index (χ3v) is 4.33. The van der Waals surface area contributed by atoms with E-state index in [0.717, 1.165) is 6.20 Å². The van der Waals surface area contributed by atoms with Crippen molar-refractivity contribution in [2.75, 3.05) is 23.3 Å². The molecule has 164 valence electrons. The first-order chi connectivity index (χ1) is 14.8. The van der Waals surface area contributed by atoms with Crippen molar-refractivity contribution < 1.29 is 27.0 Å². The number of rotatable bonds is 4. The monoisotopic (exact) mass is 474 g/mol. The van der Waals surface area contributed by atoms with Crippen molar-refractivity contribution in [3.63, 3.8) is 0 Å². The lowest BCUT2D eigenvalue weighted by Crippen LogP contribution is -2.15. The minimum absolute atomic E-state index is 0.0108. The molecule has 0 fully saturated rings. The van der Waals surface area contributed by atoms with Gasteiger partial charge in [0.25, 0.3) is 0 Å². The first kappa shape index (κ1) is 22.8. The highest BCUT2D eigenvalue weighted by molar-refractivity contribution is 8.01. The summed E-state index contributed by atoms with van der Waals surface area (Å²) in [5, 5.41) is 2.79. The van der Waals surface area contributed by atoms with E-state index in [-0.39, 0.29) is 23.0 Å². The SMILES string of the molecule is FC(F)(F)SNc1ccccc1.Fc1cnc(Cl)nc1Nc1ccc2c(c1)OCCO2. The largest absolute Gasteiger partial charge is 0.486 e. The Morgan fingerprint density at radius 1 is 0.968 bits per heavy atom. The van der Waals surface area contributed by atoms with E-state index in [1.54, 1.807) is 48.5 Å². The van der Waals surface area contributed by atoms with Gasteiger partial charge in [0.05, 0.1) is 18.1 Å². The summed E-state index contributed by atoms with van der Waals surface area (Å²) in [6, 6.07) is 13.4. The molecule has 0 atom stereocenters. The molecule has 12 heteroatoms. The first-order valence-corrected chi connectivity index (χ1v) is 9.90. The molecule has 0 unspecified atom stereocenters. The Morgan fingerprint density at radius 2 is 1.68 bits per heavy atom. The summed E-state index contributed by atoms with van der Waals surface area (Å²) in [5.74, 6) is 0.700. The van der Waals surface area contributed by atoms with Gasteiger partial charge in [-0.15, -0.1) is 0 Å². The molecule has 0 spiro atoms. The number of fused-ring (bicyclic) bond motifs is 1. The molecule has 1 aliphatic rings. The molecule has 0 radical (unpaired) electrons. The van der Waals surface area contributed by atoms with Crippen molar-refractivity contribution in [3.05, 3.63) is 65.8 Å². The van der Waals surface area contributed by atoms with Crippen LogP contribution in [0, 0.1) is 5.82 Å². The van der Waals surface area contributed by atoms with Gasteiger partial charge in [0.1, 0.15) is 13.2 Å². The number of aromatic nitrogens is 2. The lowest BCUT2D eigenvalue weighted by molar-refractivity contribution is -0.0323. The quantitative estimate of drug-likeness (QED) is 0.271. The van der Waals surface area contributed by atoms with E-state index in [4.69, 9.17) is 21.1 Å². The third kappa shape index (κ3) is 7.37. The fraction of sp³-hybridized carbons (Fsp3) is 0.158. The summed E-state index contributed by atoms with van der Waals surface area (Å²) in [6.07, 6.45) is 1.01. The van der Waals surface area contributed by atoms with Gasteiger partial charge in [-0.05, 0) is 35.9 Å². The number of alkyl halides is 3. The number of halogens is 5. The van der Waals surface area contributed by atoms with Crippen LogP contribution in [0.25, 0.3) is 0 Å². The maximum Gasteiger partial charge on any atom is 0.461 e. The Labute approximate surface area is 184 Å². The highest BCUT2D eigenvalue weighted by atomic mass is 35.5. The molecule has 31 heavy (non-hydrogen) atoms. The van der Waals surface area contributed by atoms with E-state index in [1.165, 1.54) is 0 Å². The Bertz CT molecular complexity index is 1010. The van der Waals surface area contributed by atoms with Crippen LogP contribution < -0.4 is 19.5 Å². The molecule has 0 amide bonds. The summed E-state index contributed by atoms with van der Waals surface area (Å²) in [5.41, 5.74) is -3.17. The van der Waals surface area contributed by atoms with Crippen molar-refractivity contribution in [3.8, 4) is 11.5 Å². The molecule has 0 bridgehead atoms. The zero-order chi connectivity index (χ0) is 22.3. The Kier molecular flexibility index (Phi) is 7.64. The average Bonchev–Trinajstić information content (AvgIpc) is 2.75. The van der Waals surface area contributed by atoms with Gasteiger partial charge < -0.3 is 19.5 Å². The topological polar surface area (TPSA) is 68.3 Å². The number of nitrogens with zero attached hydrogens (tertiary/aromatic N) is 2. The fourth-order valence-corrected chi connectivity index (χ4v) is 2.82. The summed E-state index contributed by atoms with van der Waals surface area (Å²) < 4.78 is 61.4. The van der Waals surface area contributed by atoms with E-state index < -0.39 is 11.3 Å². The van der Waals surface area contributed by atoms with E-state index >= 15 is 0 Å². The number of hydrogen-bond donors (Lipinski definition) is 2. The molecule has 2 N–H and O–H groups in total. The molecule has 3 aromatic rings. The maximum atomic E-state index is 13.5. The second-order valence-electron chi connectivity index (χ2n) is 5.83. The number of para-hydroxylation sites is 1. The smallest absolute Gasteiger partial charge is 0.461 e. The number of anilines is 3. The predicted molar refractivity (Wildman–Crippen MR) is 111 cm³/mol. The Morgan fingerprint density at radius 3 is 2.39 bits per heavy atom. The van der Waals surface area contributed by atoms with Crippen molar-refractivity contribution in [2.45, 2.75) is 5.51 Å². The average molecular weight is 475 g/mol. The van der Waals surface area contributed by atoms with Crippen LogP contribution in [0.2, 0.25) is 5.28 Å². The van der Waals surface area contributed by atoms with E-state index in [2.05, 4.69) is 20.0 Å². The predicted octanol–water partition coefficient (Wildman–Crippen LogP) is 6.05. The molecule has 1 aliphatic heterocycles. The molecule has 1 aromatic heterocycles. The van der Waals surface area contributed by atoms with Crippen LogP contribution in [0.15, 0.2) is 54.7 Å². The molecule has 0 saturated carbocycles. The zero-order valence-corrected chi connectivity index (χ0v) is 17.2. The van der Waals surface area contributed by atoms with Gasteiger partial charge in [-0.2, -0.15) is 18.2 Å². The molecule has 0 saturated heterocycles. The van der Waals surface area contributed by atoms with E-state index in [0.29, 0.717) is 36.1 Å². The van der Waals surface area contributed by atoms with Gasteiger partial charge >= 0.3 is 5.51 Å². The second-order valence-corrected chi connectivity index (χ2v) is 7.04. The fourth-order valence-electron chi connectivity index (χ4n) is 2.31. The van der Waals surface area contributed by atoms with E-state index in [1.807, 2.05) is 0 Å². The number of nitrogens with one attached hydrogen (secondary N) is 2. The zero-order valence-electron chi connectivity index (χ0n) is 15.6. The van der Waals surface area contributed by atoms with Crippen LogP contribution in [0.4, 0.5) is 34.8 Å². The van der Waals surface area contributed by atoms with Crippen molar-refractivity contribution in [1.82, 2.24) is 9.97 Å². The summed E-state index contributed by atoms with van der Waals surface area (Å²) in [4.78, 5) is 7.32. The third-order valence-electron chi connectivity index (χ3n) is 3.58. The number of hydrogen-bond acceptors (Lipinski definition) is 7. The van der Waals surface area contributed by atoms with Crippen molar-refractivity contribution >= 4 is 40.7 Å². The molecule has 2 aromatic carbocycles. The lowest BCUT2D eigenvalue weighted by atomic mass is 10.2. The van der Waals surface area contributed by atoms with Gasteiger partial charge in [-0.3, -0.25) is 0 Å². The minimum atomic E-state index is -4.24. The van der Waals surface area contributed by atoms with Gasteiger partial charge in [-0.25, -0.2) is 9.37 Å². The Balaban J connectivity index is 0.000000196. The minimum Gasteiger partial charge on any atom is -0.486 e. The van der Waals surface area contributed by atoms with Crippen LogP contribution in [0.1, 0.15) is 0 Å². The standard InChI is InChI=1S/C12H9ClFN3O2.C7H6F3NS/c13-12-15-6-8(14)11(17-12)16-7-1-2-9-10(5-7)19-4-3-18-9;8-7(9,10)12-11-6-4-2-1-3-5-6/h1-2,5-6H,3-4H2,(H,15,16,17);1-5,11H. The van der Waals surface area contributed by atoms with Crippen LogP contribution in [-0.4, -0.2) is 28.7 Å². The lowest BCUT2D eigenvalue weighted by Gasteiger charge is -2.19. The second kappa shape index (κ2) is 10.4. The van der Waals surface area contributed by atoms with Gasteiger partial charge in [0, 0.05) is 17.4 Å². The van der Waals surface area contributed by atoms with Gasteiger partial charge in [0.15, 0.2) is 23.1 Å². The first-order valence-electron chi connectivity index (χ1n) is 8.71. The number of benzene rings is 2. The molecule has 4 rings (SSSR count). The van der Waals surface area contributed by atoms with Crippen LogP contribution in [-0.2, 0) is 0 Å². The van der Waals surface area contributed by atoms with Crippen LogP contribution >= 0.6 is 23.5 Å². The maximum absolute atomic E-state index is 13.5.